The van der Waals surface area contributed by atoms with Crippen molar-refractivity contribution in [1.29, 1.82) is 0 Å². The molecule has 1 aromatic heterocycles. The largest absolute Gasteiger partial charge is 0.296 e. The summed E-state index contributed by atoms with van der Waals surface area (Å²) in [5, 5.41) is 5.04. The van der Waals surface area contributed by atoms with Crippen LogP contribution in [0.4, 0.5) is 0 Å². The zero-order valence-electron chi connectivity index (χ0n) is 36.6. The fourth-order valence-corrected chi connectivity index (χ4v) is 10.0. The molecule has 0 aliphatic rings. The third kappa shape index (κ3) is 6.13. The number of hydrogen-bond donors (Lipinski definition) is 0. The quantitative estimate of drug-likeness (QED) is 0.124. The molecule has 59 heavy (non-hydrogen) atoms. The molecule has 0 bridgehead atoms. The van der Waals surface area contributed by atoms with E-state index in [1.807, 2.05) is 0 Å². The van der Waals surface area contributed by atoms with Crippen molar-refractivity contribution < 1.29 is 0 Å². The van der Waals surface area contributed by atoms with Gasteiger partial charge in [-0.1, -0.05) is 108 Å². The molecule has 9 aromatic rings. The highest BCUT2D eigenvalue weighted by Crippen LogP contribution is 2.45. The molecular weight excluding hydrogens is 701 g/mol. The van der Waals surface area contributed by atoms with Gasteiger partial charge < -0.3 is 0 Å². The second kappa shape index (κ2) is 14.9. The van der Waals surface area contributed by atoms with Gasteiger partial charge in [0.1, 0.15) is 84.3 Å². The Morgan fingerprint density at radius 2 is 0.831 bits per heavy atom. The lowest BCUT2D eigenvalue weighted by Crippen LogP contribution is -2.55. The maximum atomic E-state index is 4.98. The van der Waals surface area contributed by atoms with E-state index < -0.39 is 0 Å². The summed E-state index contributed by atoms with van der Waals surface area (Å²) in [5.74, 6) is 1.07. The molecule has 0 spiro atoms. The van der Waals surface area contributed by atoms with Crippen LogP contribution in [0.5, 0.6) is 0 Å². The van der Waals surface area contributed by atoms with Crippen LogP contribution in [0.2, 0.25) is 0 Å². The fourth-order valence-electron chi connectivity index (χ4n) is 10.0. The van der Waals surface area contributed by atoms with Gasteiger partial charge in [0.05, 0.1) is 11.0 Å². The van der Waals surface area contributed by atoms with Gasteiger partial charge in [0.2, 0.25) is 0 Å². The van der Waals surface area contributed by atoms with Gasteiger partial charge in [-0.25, -0.2) is 4.98 Å². The minimum Gasteiger partial charge on any atom is -0.296 e. The second-order valence-corrected chi connectivity index (χ2v) is 16.9. The molecule has 0 amide bonds. The Balaban J connectivity index is 1.34. The predicted molar refractivity (Wildman–Crippen MR) is 289 cm³/mol. The van der Waals surface area contributed by atoms with Crippen LogP contribution >= 0.6 is 0 Å². The Bertz CT molecular complexity index is 3150. The topological polar surface area (TPSA) is 17.8 Å². The smallest absolute Gasteiger partial charge is 0.139 e. The predicted octanol–water partition coefficient (Wildman–Crippen LogP) is -4.85. The van der Waals surface area contributed by atoms with Crippen LogP contribution in [0, 0.1) is 0 Å². The first-order valence-electron chi connectivity index (χ1n) is 21.2. The van der Waals surface area contributed by atoms with Gasteiger partial charge >= 0.3 is 0 Å². The van der Waals surface area contributed by atoms with Gasteiger partial charge in [-0.15, -0.1) is 32.8 Å². The van der Waals surface area contributed by atoms with E-state index >= 15 is 0 Å². The molecule has 2 nitrogen and oxygen atoms in total. The van der Waals surface area contributed by atoms with Gasteiger partial charge in [-0.3, -0.25) is 4.57 Å². The van der Waals surface area contributed by atoms with Crippen LogP contribution in [-0.4, -0.2) is 88.0 Å². The standard InChI is InChI=1S/C47H44B10N2/c1-2-33-58-31-12-5-6-13-32(31)59(33)26-17-14-22(15-18-26)34-27-10-3-4-11-28(27)35(23-8-7-9-24(20-23)36-38(48)42(52)46(56)43(53)39(36)49)30-21-25(16-19-29(30)34)37-40(50)44(54)47(57)45(55)41(37)51/h3-21H,2,48-57H2,1H3. The van der Waals surface area contributed by atoms with Crippen LogP contribution in [0.3, 0.4) is 0 Å². The number of para-hydroxylation sites is 2. The summed E-state index contributed by atoms with van der Waals surface area (Å²) < 4.78 is 2.31. The lowest BCUT2D eigenvalue weighted by molar-refractivity contribution is 0.908. The third-order valence-corrected chi connectivity index (χ3v) is 14.1. The Kier molecular flexibility index (Phi) is 9.82. The average molecular weight is 745 g/mol. The van der Waals surface area contributed by atoms with Crippen molar-refractivity contribution in [2.45, 2.75) is 13.3 Å². The average Bonchev–Trinajstić information content (AvgIpc) is 3.64. The van der Waals surface area contributed by atoms with Crippen molar-refractivity contribution >= 4 is 166 Å². The fraction of sp³-hybridized carbons (Fsp3) is 0.0426. The molecule has 0 atom stereocenters. The van der Waals surface area contributed by atoms with Gasteiger partial charge in [-0.2, -0.15) is 0 Å². The summed E-state index contributed by atoms with van der Waals surface area (Å²) in [7, 11) is 22.8. The summed E-state index contributed by atoms with van der Waals surface area (Å²) in [6, 6.07) is 43.3. The molecular formula is C47H44B10N2. The van der Waals surface area contributed by atoms with Gasteiger partial charge in [-0.05, 0) is 102 Å². The van der Waals surface area contributed by atoms with Crippen LogP contribution < -0.4 is 54.6 Å². The van der Waals surface area contributed by atoms with Crippen LogP contribution in [0.25, 0.3) is 82.8 Å². The minimum absolute atomic E-state index is 0.859. The van der Waals surface area contributed by atoms with Crippen molar-refractivity contribution in [3.05, 3.63) is 121 Å². The number of aryl methyl sites for hydroxylation is 1. The van der Waals surface area contributed by atoms with Crippen molar-refractivity contribution in [2.75, 3.05) is 0 Å². The maximum absolute atomic E-state index is 4.98. The van der Waals surface area contributed by atoms with E-state index in [0.717, 1.165) is 29.0 Å². The number of hydrogen-bond acceptors (Lipinski definition) is 1. The van der Waals surface area contributed by atoms with Gasteiger partial charge in [0.15, 0.2) is 0 Å². The Labute approximate surface area is 358 Å². The van der Waals surface area contributed by atoms with Crippen LogP contribution in [0.1, 0.15) is 12.7 Å². The van der Waals surface area contributed by atoms with Gasteiger partial charge in [0, 0.05) is 12.1 Å². The van der Waals surface area contributed by atoms with E-state index in [-0.39, 0.29) is 0 Å². The molecule has 0 radical (unpaired) electrons. The van der Waals surface area contributed by atoms with Crippen LogP contribution in [-0.2, 0) is 6.42 Å². The molecule has 0 N–H and O–H groups in total. The second-order valence-electron chi connectivity index (χ2n) is 16.9. The summed E-state index contributed by atoms with van der Waals surface area (Å²) in [6.45, 7) is 2.18. The third-order valence-electron chi connectivity index (χ3n) is 14.1. The van der Waals surface area contributed by atoms with E-state index in [9.17, 15) is 0 Å². The van der Waals surface area contributed by atoms with Crippen molar-refractivity contribution in [3.8, 4) is 50.2 Å². The first-order valence-corrected chi connectivity index (χ1v) is 21.2. The van der Waals surface area contributed by atoms with Crippen LogP contribution in [0.15, 0.2) is 115 Å². The first kappa shape index (κ1) is 38.9. The van der Waals surface area contributed by atoms with Crippen molar-refractivity contribution in [1.82, 2.24) is 9.55 Å². The molecule has 0 aliphatic carbocycles. The summed E-state index contributed by atoms with van der Waals surface area (Å²) in [4.78, 5) is 4.98. The summed E-state index contributed by atoms with van der Waals surface area (Å²) in [5.41, 5.74) is 27.3. The lowest BCUT2D eigenvalue weighted by atomic mass is 9.59. The van der Waals surface area contributed by atoms with Crippen molar-refractivity contribution in [2.24, 2.45) is 0 Å². The van der Waals surface area contributed by atoms with E-state index in [2.05, 4.69) is 205 Å². The molecule has 272 valence electrons. The Morgan fingerprint density at radius 1 is 0.390 bits per heavy atom. The minimum atomic E-state index is 0.859. The zero-order valence-corrected chi connectivity index (χ0v) is 36.6. The Hall–Kier alpha value is -5.60. The number of rotatable bonds is 6. The number of imidazole rings is 1. The highest BCUT2D eigenvalue weighted by Gasteiger charge is 2.21. The number of nitrogens with zero attached hydrogens (tertiary/aromatic N) is 2. The number of benzene rings is 8. The molecule has 8 aromatic carbocycles. The molecule has 0 saturated carbocycles. The number of fused-ring (bicyclic) bond motifs is 3. The number of aromatic nitrogens is 2. The highest BCUT2D eigenvalue weighted by molar-refractivity contribution is 6.70. The monoisotopic (exact) mass is 746 g/mol. The molecule has 0 fully saturated rings. The lowest BCUT2D eigenvalue weighted by Gasteiger charge is -2.23. The van der Waals surface area contributed by atoms with E-state index in [0.29, 0.717) is 0 Å². The molecule has 0 aliphatic heterocycles. The Morgan fingerprint density at radius 3 is 1.39 bits per heavy atom. The molecule has 9 rings (SSSR count). The van der Waals surface area contributed by atoms with Gasteiger partial charge in [0.25, 0.3) is 0 Å². The van der Waals surface area contributed by atoms with E-state index in [1.165, 1.54) is 121 Å². The molecule has 12 heteroatoms. The molecule has 1 heterocycles. The molecule has 0 saturated heterocycles. The summed E-state index contributed by atoms with van der Waals surface area (Å²) >= 11 is 0. The normalized spacial score (nSPS) is 11.5. The zero-order chi connectivity index (χ0) is 41.4. The SMILES string of the molecule is Bc1c(B)c(B)c(-c2cccc(-c3c4ccccc4c(-c4ccc(-n5c(CC)nc6ccccc65)cc4)c4ccc(-c5c(B)c(B)c(B)c(B)c5B)cc34)c2)c(B)c1B. The molecule has 0 unspecified atom stereocenters. The van der Waals surface area contributed by atoms with Crippen molar-refractivity contribution in [3.63, 3.8) is 0 Å². The van der Waals surface area contributed by atoms with E-state index in [4.69, 9.17) is 4.98 Å². The summed E-state index contributed by atoms with van der Waals surface area (Å²) in [6.07, 6.45) is 0.859. The van der Waals surface area contributed by atoms with E-state index in [1.54, 1.807) is 0 Å². The first-order chi connectivity index (χ1) is 28.4. The highest BCUT2D eigenvalue weighted by atomic mass is 15.1. The maximum Gasteiger partial charge on any atom is 0.139 e.